The monoisotopic (exact) mass is 572 g/mol. The van der Waals surface area contributed by atoms with Gasteiger partial charge < -0.3 is 9.13 Å². The highest BCUT2D eigenvalue weighted by atomic mass is 15.0. The Labute approximate surface area is 261 Å². The van der Waals surface area contributed by atoms with Crippen LogP contribution in [-0.4, -0.2) is 9.13 Å². The van der Waals surface area contributed by atoms with Crippen LogP contribution < -0.4 is 0 Å². The van der Waals surface area contributed by atoms with Crippen molar-refractivity contribution in [1.82, 2.24) is 9.13 Å². The summed E-state index contributed by atoms with van der Waals surface area (Å²) in [5.74, 6) is 0. The van der Waals surface area contributed by atoms with Gasteiger partial charge in [0, 0.05) is 32.9 Å². The molecule has 0 atom stereocenters. The first-order valence-corrected chi connectivity index (χ1v) is 15.7. The lowest BCUT2D eigenvalue weighted by Crippen LogP contribution is -1.95. The molecule has 0 saturated heterocycles. The second-order valence-corrected chi connectivity index (χ2v) is 12.2. The third-order valence-electron chi connectivity index (χ3n) is 9.73. The van der Waals surface area contributed by atoms with Crippen LogP contribution in [0.5, 0.6) is 0 Å². The molecule has 0 aliphatic heterocycles. The van der Waals surface area contributed by atoms with Crippen LogP contribution >= 0.6 is 0 Å². The van der Waals surface area contributed by atoms with Crippen molar-refractivity contribution in [3.05, 3.63) is 169 Å². The summed E-state index contributed by atoms with van der Waals surface area (Å²) in [5.41, 5.74) is 15.3. The van der Waals surface area contributed by atoms with Crippen LogP contribution in [0.2, 0.25) is 0 Å². The zero-order chi connectivity index (χ0) is 29.5. The summed E-state index contributed by atoms with van der Waals surface area (Å²) in [6.07, 6.45) is 0.990. The molecule has 10 rings (SSSR count). The summed E-state index contributed by atoms with van der Waals surface area (Å²) in [6.45, 7) is 0. The smallest absolute Gasteiger partial charge is 0.0541 e. The average Bonchev–Trinajstić information content (AvgIpc) is 3.75. The molecule has 0 spiro atoms. The number of aromatic nitrogens is 2. The Bertz CT molecular complexity index is 2620. The first-order chi connectivity index (χ1) is 22.3. The van der Waals surface area contributed by atoms with Gasteiger partial charge in [0.2, 0.25) is 0 Å². The number of rotatable bonds is 3. The molecule has 9 aromatic rings. The van der Waals surface area contributed by atoms with Crippen molar-refractivity contribution < 1.29 is 0 Å². The van der Waals surface area contributed by atoms with Crippen LogP contribution in [0.4, 0.5) is 0 Å². The molecule has 7 aromatic carbocycles. The molecule has 0 N–H and O–H groups in total. The highest BCUT2D eigenvalue weighted by Gasteiger charge is 2.20. The highest BCUT2D eigenvalue weighted by molar-refractivity contribution is 6.12. The topological polar surface area (TPSA) is 9.86 Å². The molecule has 0 amide bonds. The zero-order valence-electron chi connectivity index (χ0n) is 24.6. The fourth-order valence-corrected chi connectivity index (χ4v) is 7.71. The SMILES string of the molecule is c1ccc(-n2c3ccccc3c3cc(-c4ccc5c(c4)c4ccccc4n5-c4ccc5c(c4)Cc4ccccc4-5)ccc32)cc1. The minimum Gasteiger partial charge on any atom is -0.309 e. The fraction of sp³-hybridized carbons (Fsp3) is 0.0233. The van der Waals surface area contributed by atoms with Crippen LogP contribution in [-0.2, 0) is 6.42 Å². The summed E-state index contributed by atoms with van der Waals surface area (Å²) < 4.78 is 4.81. The van der Waals surface area contributed by atoms with E-state index in [0.717, 1.165) is 6.42 Å². The van der Waals surface area contributed by atoms with Gasteiger partial charge in [0.1, 0.15) is 0 Å². The van der Waals surface area contributed by atoms with Gasteiger partial charge in [-0.2, -0.15) is 0 Å². The largest absolute Gasteiger partial charge is 0.309 e. The molecule has 1 aliphatic rings. The Balaban J connectivity index is 1.14. The van der Waals surface area contributed by atoms with E-state index in [0.29, 0.717) is 0 Å². The van der Waals surface area contributed by atoms with Gasteiger partial charge in [-0.3, -0.25) is 0 Å². The van der Waals surface area contributed by atoms with Crippen LogP contribution in [0.25, 0.3) is 77.2 Å². The fourth-order valence-electron chi connectivity index (χ4n) is 7.71. The van der Waals surface area contributed by atoms with Gasteiger partial charge in [-0.25, -0.2) is 0 Å². The first kappa shape index (κ1) is 24.6. The van der Waals surface area contributed by atoms with Crippen molar-refractivity contribution in [2.45, 2.75) is 6.42 Å². The van der Waals surface area contributed by atoms with Crippen molar-refractivity contribution in [3.63, 3.8) is 0 Å². The maximum atomic E-state index is 2.44. The van der Waals surface area contributed by atoms with E-state index in [1.54, 1.807) is 0 Å². The van der Waals surface area contributed by atoms with Crippen molar-refractivity contribution in [3.8, 4) is 33.6 Å². The van der Waals surface area contributed by atoms with E-state index in [-0.39, 0.29) is 0 Å². The molecular formula is C43H28N2. The van der Waals surface area contributed by atoms with Gasteiger partial charge in [0.25, 0.3) is 0 Å². The number of nitrogens with zero attached hydrogens (tertiary/aromatic N) is 2. The van der Waals surface area contributed by atoms with Gasteiger partial charge in [0.05, 0.1) is 22.1 Å². The predicted molar refractivity (Wildman–Crippen MR) is 189 cm³/mol. The van der Waals surface area contributed by atoms with Crippen molar-refractivity contribution in [1.29, 1.82) is 0 Å². The molecule has 45 heavy (non-hydrogen) atoms. The number of fused-ring (bicyclic) bond motifs is 9. The van der Waals surface area contributed by atoms with Gasteiger partial charge in [0.15, 0.2) is 0 Å². The molecule has 0 saturated carbocycles. The average molecular weight is 573 g/mol. The van der Waals surface area contributed by atoms with Crippen LogP contribution in [0.15, 0.2) is 158 Å². The number of benzene rings is 7. The molecule has 2 heterocycles. The summed E-state index contributed by atoms with van der Waals surface area (Å²) in [7, 11) is 0. The predicted octanol–water partition coefficient (Wildman–Crippen LogP) is 11.1. The number of para-hydroxylation sites is 3. The molecule has 210 valence electrons. The van der Waals surface area contributed by atoms with Gasteiger partial charge in [-0.05, 0) is 100 Å². The Hall–Kier alpha value is -5.86. The lowest BCUT2D eigenvalue weighted by atomic mass is 10.0. The molecule has 0 radical (unpaired) electrons. The Morgan fingerprint density at radius 2 is 0.867 bits per heavy atom. The second kappa shape index (κ2) is 9.32. The molecule has 2 nitrogen and oxygen atoms in total. The maximum Gasteiger partial charge on any atom is 0.0541 e. The van der Waals surface area contributed by atoms with Crippen LogP contribution in [0, 0.1) is 0 Å². The van der Waals surface area contributed by atoms with E-state index in [1.807, 2.05) is 0 Å². The maximum absolute atomic E-state index is 2.44. The molecule has 0 fully saturated rings. The van der Waals surface area contributed by atoms with Gasteiger partial charge >= 0.3 is 0 Å². The van der Waals surface area contributed by atoms with Gasteiger partial charge in [-0.1, -0.05) is 97.1 Å². The minimum atomic E-state index is 0.990. The molecule has 0 unspecified atom stereocenters. The molecule has 0 bridgehead atoms. The summed E-state index contributed by atoms with van der Waals surface area (Å²) in [4.78, 5) is 0. The van der Waals surface area contributed by atoms with E-state index in [9.17, 15) is 0 Å². The van der Waals surface area contributed by atoms with Crippen molar-refractivity contribution >= 4 is 43.6 Å². The second-order valence-electron chi connectivity index (χ2n) is 12.2. The highest BCUT2D eigenvalue weighted by Crippen LogP contribution is 2.41. The van der Waals surface area contributed by atoms with Gasteiger partial charge in [-0.15, -0.1) is 0 Å². The molecule has 2 heteroatoms. The van der Waals surface area contributed by atoms with Crippen LogP contribution in [0.1, 0.15) is 11.1 Å². The normalized spacial score (nSPS) is 12.4. The molecule has 2 aromatic heterocycles. The minimum absolute atomic E-state index is 0.990. The quantitative estimate of drug-likeness (QED) is 0.199. The van der Waals surface area contributed by atoms with E-state index < -0.39 is 0 Å². The molecular weight excluding hydrogens is 544 g/mol. The van der Waals surface area contributed by atoms with Crippen molar-refractivity contribution in [2.75, 3.05) is 0 Å². The first-order valence-electron chi connectivity index (χ1n) is 15.7. The molecule has 1 aliphatic carbocycles. The Kier molecular flexibility index (Phi) is 5.09. The zero-order valence-corrected chi connectivity index (χ0v) is 24.6. The van der Waals surface area contributed by atoms with E-state index in [4.69, 9.17) is 0 Å². The van der Waals surface area contributed by atoms with Crippen LogP contribution in [0.3, 0.4) is 0 Å². The van der Waals surface area contributed by atoms with Crippen molar-refractivity contribution in [2.24, 2.45) is 0 Å². The Morgan fingerprint density at radius 3 is 1.56 bits per heavy atom. The van der Waals surface area contributed by atoms with E-state index in [1.165, 1.54) is 88.4 Å². The lowest BCUT2D eigenvalue weighted by molar-refractivity contribution is 1.16. The third-order valence-corrected chi connectivity index (χ3v) is 9.73. The summed E-state index contributed by atoms with van der Waals surface area (Å²) in [6, 6.07) is 57.9. The summed E-state index contributed by atoms with van der Waals surface area (Å²) >= 11 is 0. The number of hydrogen-bond acceptors (Lipinski definition) is 0. The third kappa shape index (κ3) is 3.57. The Morgan fingerprint density at radius 1 is 0.333 bits per heavy atom. The number of hydrogen-bond donors (Lipinski definition) is 0. The standard InChI is InChI=1S/C43H28N2/c1-2-11-32(12-3-1)44-40-16-8-6-14-36(40)38-26-28(18-22-42(38)44)29-19-23-43-39(27-29)37-15-7-9-17-41(37)45(43)33-20-21-35-31(25-33)24-30-10-4-5-13-34(30)35/h1-23,25-27H,24H2. The van der Waals surface area contributed by atoms with E-state index in [2.05, 4.69) is 167 Å². The lowest BCUT2D eigenvalue weighted by Gasteiger charge is -2.11. The van der Waals surface area contributed by atoms with E-state index >= 15 is 0 Å². The summed E-state index contributed by atoms with van der Waals surface area (Å²) in [5, 5.41) is 5.10.